The van der Waals surface area contributed by atoms with Crippen molar-refractivity contribution in [3.8, 4) is 5.75 Å². The topological polar surface area (TPSA) is 30.8 Å². The fourth-order valence-electron chi connectivity index (χ4n) is 1.80. The number of halogens is 6. The molecule has 0 spiro atoms. The van der Waals surface area contributed by atoms with Gasteiger partial charge in [0.15, 0.2) is 0 Å². The van der Waals surface area contributed by atoms with Gasteiger partial charge >= 0.3 is 12.5 Å². The summed E-state index contributed by atoms with van der Waals surface area (Å²) in [6.07, 6.45) is -7.19. The van der Waals surface area contributed by atoms with Crippen LogP contribution in [0.15, 0.2) is 53.7 Å². The second-order valence-electron chi connectivity index (χ2n) is 4.71. The summed E-state index contributed by atoms with van der Waals surface area (Å²) in [5.41, 5.74) is -0.746. The van der Waals surface area contributed by atoms with Gasteiger partial charge in [-0.3, -0.25) is 0 Å². The van der Waals surface area contributed by atoms with Crippen molar-refractivity contribution in [3.63, 3.8) is 0 Å². The minimum Gasteiger partial charge on any atom is -0.406 e. The number of nitrogens with zero attached hydrogens (tertiary/aromatic N) is 1. The zero-order valence-corrected chi connectivity index (χ0v) is 12.4. The standard InChI is InChI=1S/C16H10F6NO2/c17-15(18,19)14-4-2-1-3-12(14)9-23-24-10-11-5-7-13(8-6-11)25-16(20,21)22/h1-8H,10H2. The Kier molecular flexibility index (Phi) is 5.55. The smallest absolute Gasteiger partial charge is 0.406 e. The maximum absolute atomic E-state index is 12.8. The molecule has 1 radical (unpaired) electrons. The van der Waals surface area contributed by atoms with Gasteiger partial charge in [0, 0.05) is 5.56 Å². The SMILES string of the molecule is FC(F)(F)Oc1ccc(CON=[C]c2ccccc2C(F)(F)F)cc1. The molecule has 2 aromatic rings. The summed E-state index contributed by atoms with van der Waals surface area (Å²) in [6.45, 7) is -0.159. The van der Waals surface area contributed by atoms with E-state index in [4.69, 9.17) is 4.84 Å². The summed E-state index contributed by atoms with van der Waals surface area (Å²) in [5.74, 6) is -0.398. The molecule has 0 aliphatic heterocycles. The minimum atomic E-state index is -4.79. The first-order valence-corrected chi connectivity index (χ1v) is 6.74. The molecule has 0 fully saturated rings. The van der Waals surface area contributed by atoms with Gasteiger partial charge in [0.1, 0.15) is 18.6 Å². The number of rotatable bonds is 5. The minimum absolute atomic E-state index is 0.159. The highest BCUT2D eigenvalue weighted by atomic mass is 19.4. The third-order valence-corrected chi connectivity index (χ3v) is 2.85. The van der Waals surface area contributed by atoms with Crippen LogP contribution in [0.2, 0.25) is 0 Å². The monoisotopic (exact) mass is 362 g/mol. The van der Waals surface area contributed by atoms with Gasteiger partial charge in [-0.25, -0.2) is 0 Å². The number of benzene rings is 2. The number of hydrogen-bond donors (Lipinski definition) is 0. The first-order chi connectivity index (χ1) is 11.6. The predicted molar refractivity (Wildman–Crippen MR) is 75.9 cm³/mol. The summed E-state index contributed by atoms with van der Waals surface area (Å²) in [4.78, 5) is 4.82. The highest BCUT2D eigenvalue weighted by molar-refractivity contribution is 5.81. The van der Waals surface area contributed by atoms with E-state index in [9.17, 15) is 26.3 Å². The average Bonchev–Trinajstić information content (AvgIpc) is 2.51. The van der Waals surface area contributed by atoms with E-state index in [0.29, 0.717) is 5.56 Å². The maximum Gasteiger partial charge on any atom is 0.573 e. The van der Waals surface area contributed by atoms with E-state index in [1.165, 1.54) is 30.3 Å². The van der Waals surface area contributed by atoms with Crippen molar-refractivity contribution in [2.24, 2.45) is 5.16 Å². The van der Waals surface area contributed by atoms with E-state index >= 15 is 0 Å². The summed E-state index contributed by atoms with van der Waals surface area (Å²) >= 11 is 0. The Hall–Kier alpha value is -2.71. The van der Waals surface area contributed by atoms with Crippen molar-refractivity contribution in [1.29, 1.82) is 0 Å². The van der Waals surface area contributed by atoms with Gasteiger partial charge in [0.05, 0.1) is 5.56 Å². The van der Waals surface area contributed by atoms with Gasteiger partial charge in [0.25, 0.3) is 0 Å². The molecular weight excluding hydrogens is 352 g/mol. The van der Waals surface area contributed by atoms with Crippen LogP contribution in [0.3, 0.4) is 0 Å². The van der Waals surface area contributed by atoms with Crippen LogP contribution in [-0.2, 0) is 17.6 Å². The maximum atomic E-state index is 12.8. The lowest BCUT2D eigenvalue weighted by Crippen LogP contribution is -2.17. The Balaban J connectivity index is 1.94. The molecule has 0 atom stereocenters. The Labute approximate surface area is 138 Å². The zero-order chi connectivity index (χ0) is 18.5. The molecule has 0 heterocycles. The van der Waals surface area contributed by atoms with Crippen molar-refractivity contribution in [2.45, 2.75) is 19.1 Å². The first kappa shape index (κ1) is 18.6. The van der Waals surface area contributed by atoms with Crippen LogP contribution >= 0.6 is 0 Å². The molecule has 3 nitrogen and oxygen atoms in total. The number of ether oxygens (including phenoxy) is 1. The fraction of sp³-hybridized carbons (Fsp3) is 0.188. The predicted octanol–water partition coefficient (Wildman–Crippen LogP) is 5.03. The lowest BCUT2D eigenvalue weighted by Gasteiger charge is -2.09. The molecule has 9 heteroatoms. The van der Waals surface area contributed by atoms with Crippen molar-refractivity contribution in [1.82, 2.24) is 0 Å². The molecule has 0 bridgehead atoms. The second kappa shape index (κ2) is 7.45. The third kappa shape index (κ3) is 6.02. The largest absolute Gasteiger partial charge is 0.573 e. The molecule has 2 rings (SSSR count). The van der Waals surface area contributed by atoms with Gasteiger partial charge in [-0.05, 0) is 23.8 Å². The molecular formula is C16H10F6NO2. The zero-order valence-electron chi connectivity index (χ0n) is 12.4. The van der Waals surface area contributed by atoms with Gasteiger partial charge in [-0.2, -0.15) is 13.2 Å². The third-order valence-electron chi connectivity index (χ3n) is 2.85. The van der Waals surface area contributed by atoms with Crippen molar-refractivity contribution in [3.05, 3.63) is 65.2 Å². The van der Waals surface area contributed by atoms with Gasteiger partial charge < -0.3 is 9.57 Å². The highest BCUT2D eigenvalue weighted by Crippen LogP contribution is 2.31. The van der Waals surface area contributed by atoms with Crippen LogP contribution < -0.4 is 4.74 Å². The highest BCUT2D eigenvalue weighted by Gasteiger charge is 2.32. The van der Waals surface area contributed by atoms with Gasteiger partial charge in [-0.1, -0.05) is 35.5 Å². The molecule has 2 aromatic carbocycles. The Morgan fingerprint density at radius 2 is 1.52 bits per heavy atom. The Morgan fingerprint density at radius 3 is 2.12 bits per heavy atom. The Bertz CT molecular complexity index is 723. The van der Waals surface area contributed by atoms with Crippen molar-refractivity contribution < 1.29 is 35.9 Å². The molecule has 0 amide bonds. The fourth-order valence-corrected chi connectivity index (χ4v) is 1.80. The average molecular weight is 362 g/mol. The van der Waals surface area contributed by atoms with E-state index in [1.54, 1.807) is 0 Å². The molecule has 25 heavy (non-hydrogen) atoms. The van der Waals surface area contributed by atoms with E-state index in [1.807, 2.05) is 0 Å². The van der Waals surface area contributed by atoms with Crippen molar-refractivity contribution >= 4 is 6.21 Å². The second-order valence-corrected chi connectivity index (χ2v) is 4.71. The van der Waals surface area contributed by atoms with Crippen molar-refractivity contribution in [2.75, 3.05) is 0 Å². The molecule has 0 aliphatic carbocycles. The molecule has 0 aromatic heterocycles. The van der Waals surface area contributed by atoms with Crippen LogP contribution in [0, 0.1) is 0 Å². The van der Waals surface area contributed by atoms with Crippen LogP contribution in [0.4, 0.5) is 26.3 Å². The van der Waals surface area contributed by atoms with E-state index in [0.717, 1.165) is 18.2 Å². The summed E-state index contributed by atoms with van der Waals surface area (Å²) in [5, 5.41) is 3.33. The lowest BCUT2D eigenvalue weighted by atomic mass is 10.1. The molecule has 0 N–H and O–H groups in total. The van der Waals surface area contributed by atoms with Gasteiger partial charge in [-0.15, -0.1) is 13.2 Å². The van der Waals surface area contributed by atoms with Crippen LogP contribution in [0.1, 0.15) is 16.7 Å². The summed E-state index contributed by atoms with van der Waals surface area (Å²) in [6, 6.07) is 9.47. The molecule has 0 saturated heterocycles. The first-order valence-electron chi connectivity index (χ1n) is 6.74. The van der Waals surface area contributed by atoms with Crippen LogP contribution in [0.25, 0.3) is 0 Å². The number of hydrogen-bond acceptors (Lipinski definition) is 3. The Morgan fingerprint density at radius 1 is 0.880 bits per heavy atom. The van der Waals surface area contributed by atoms with E-state index < -0.39 is 23.9 Å². The lowest BCUT2D eigenvalue weighted by molar-refractivity contribution is -0.274. The van der Waals surface area contributed by atoms with Gasteiger partial charge in [0.2, 0.25) is 0 Å². The van der Waals surface area contributed by atoms with E-state index in [-0.39, 0.29) is 12.2 Å². The molecule has 0 unspecified atom stereocenters. The number of alkyl halides is 6. The quantitative estimate of drug-likeness (QED) is 0.424. The van der Waals surface area contributed by atoms with E-state index in [2.05, 4.69) is 16.1 Å². The summed E-state index contributed by atoms with van der Waals surface area (Å²) in [7, 11) is 0. The molecule has 133 valence electrons. The normalized spacial score (nSPS) is 12.4. The molecule has 0 aliphatic rings. The van der Waals surface area contributed by atoms with Crippen LogP contribution in [0.5, 0.6) is 5.75 Å². The summed E-state index contributed by atoms with van der Waals surface area (Å²) < 4.78 is 78.0. The molecule has 0 saturated carbocycles. The van der Waals surface area contributed by atoms with Crippen LogP contribution in [-0.4, -0.2) is 12.6 Å².